The number of aliphatic hydroxyl groups is 1. The number of aromatic nitrogens is 4. The van der Waals surface area contributed by atoms with E-state index in [4.69, 9.17) is 5.11 Å². The van der Waals surface area contributed by atoms with Gasteiger partial charge in [-0.1, -0.05) is 12.1 Å². The Balaban J connectivity index is 1.46. The van der Waals surface area contributed by atoms with Crippen LogP contribution in [-0.4, -0.2) is 62.5 Å². The van der Waals surface area contributed by atoms with E-state index in [1.165, 1.54) is 12.3 Å². The number of hydrogen-bond acceptors (Lipinski definition) is 6. The lowest BCUT2D eigenvalue weighted by Crippen LogP contribution is -2.46. The first-order chi connectivity index (χ1) is 14.9. The second-order valence-electron chi connectivity index (χ2n) is 7.41. The Labute approximate surface area is 177 Å². The smallest absolute Gasteiger partial charge is 0.394 e. The maximum absolute atomic E-state index is 13.1. The first kappa shape index (κ1) is 21.3. The van der Waals surface area contributed by atoms with Crippen LogP contribution in [0.15, 0.2) is 49.1 Å². The largest absolute Gasteiger partial charge is 0.416 e. The molecule has 164 valence electrons. The Hall–Kier alpha value is -2.98. The van der Waals surface area contributed by atoms with Gasteiger partial charge < -0.3 is 10.0 Å². The molecule has 0 radical (unpaired) electrons. The van der Waals surface area contributed by atoms with E-state index in [0.29, 0.717) is 36.7 Å². The van der Waals surface area contributed by atoms with Crippen LogP contribution in [-0.2, 0) is 19.3 Å². The molecule has 31 heavy (non-hydrogen) atoms. The van der Waals surface area contributed by atoms with E-state index in [0.717, 1.165) is 37.3 Å². The molecule has 2 aromatic heterocycles. The number of nitrogens with zero attached hydrogens (tertiary/aromatic N) is 6. The topological polar surface area (TPSA) is 70.3 Å². The van der Waals surface area contributed by atoms with Gasteiger partial charge in [-0.2, -0.15) is 18.3 Å². The highest BCUT2D eigenvalue weighted by atomic mass is 19.4. The van der Waals surface area contributed by atoms with Gasteiger partial charge in [0.1, 0.15) is 5.69 Å². The van der Waals surface area contributed by atoms with Crippen LogP contribution in [0.4, 0.5) is 19.0 Å². The normalized spacial score (nSPS) is 15.4. The van der Waals surface area contributed by atoms with Crippen molar-refractivity contribution in [3.8, 4) is 11.3 Å². The molecule has 3 aromatic rings. The number of aliphatic hydroxyl groups excluding tert-OH is 1. The average molecular weight is 432 g/mol. The van der Waals surface area contributed by atoms with E-state index in [2.05, 4.69) is 24.9 Å². The summed E-state index contributed by atoms with van der Waals surface area (Å²) in [5.74, 6) is 0.595. The van der Waals surface area contributed by atoms with Crippen molar-refractivity contribution in [3.63, 3.8) is 0 Å². The molecular formula is C21H23F3N6O. The number of piperazine rings is 1. The van der Waals surface area contributed by atoms with Gasteiger partial charge in [0.15, 0.2) is 5.82 Å². The maximum atomic E-state index is 13.1. The number of halogens is 3. The summed E-state index contributed by atoms with van der Waals surface area (Å²) in [5.41, 5.74) is 1.23. The van der Waals surface area contributed by atoms with Gasteiger partial charge in [-0.3, -0.25) is 14.6 Å². The third kappa shape index (κ3) is 5.02. The molecule has 1 aromatic carbocycles. The Morgan fingerprint density at radius 3 is 2.55 bits per heavy atom. The number of rotatable bonds is 6. The highest BCUT2D eigenvalue weighted by Crippen LogP contribution is 2.34. The summed E-state index contributed by atoms with van der Waals surface area (Å²) in [4.78, 5) is 13.1. The number of anilines is 1. The van der Waals surface area contributed by atoms with Crippen LogP contribution in [0.2, 0.25) is 0 Å². The van der Waals surface area contributed by atoms with Crippen LogP contribution < -0.4 is 4.90 Å². The third-order valence-corrected chi connectivity index (χ3v) is 5.24. The Bertz CT molecular complexity index is 1010. The Morgan fingerprint density at radius 2 is 1.81 bits per heavy atom. The Kier molecular flexibility index (Phi) is 6.19. The minimum atomic E-state index is -4.41. The molecule has 0 unspecified atom stereocenters. The summed E-state index contributed by atoms with van der Waals surface area (Å²) in [5, 5.41) is 13.2. The minimum absolute atomic E-state index is 0.0477. The average Bonchev–Trinajstić information content (AvgIpc) is 3.21. The molecule has 1 aliphatic heterocycles. The fourth-order valence-corrected chi connectivity index (χ4v) is 3.70. The molecule has 3 heterocycles. The molecule has 0 bridgehead atoms. The van der Waals surface area contributed by atoms with Crippen LogP contribution >= 0.6 is 0 Å². The highest BCUT2D eigenvalue weighted by Gasteiger charge is 2.31. The number of hydrogen-bond donors (Lipinski definition) is 1. The van der Waals surface area contributed by atoms with E-state index >= 15 is 0 Å². The maximum Gasteiger partial charge on any atom is 0.416 e. The Morgan fingerprint density at radius 1 is 1.03 bits per heavy atom. The van der Waals surface area contributed by atoms with Gasteiger partial charge in [-0.25, -0.2) is 4.98 Å². The van der Waals surface area contributed by atoms with Crippen molar-refractivity contribution in [2.45, 2.75) is 19.3 Å². The summed E-state index contributed by atoms with van der Waals surface area (Å²) < 4.78 is 41.1. The van der Waals surface area contributed by atoms with Crippen molar-refractivity contribution in [2.24, 2.45) is 0 Å². The quantitative estimate of drug-likeness (QED) is 0.646. The zero-order valence-electron chi connectivity index (χ0n) is 16.8. The van der Waals surface area contributed by atoms with Gasteiger partial charge in [0.05, 0.1) is 24.9 Å². The van der Waals surface area contributed by atoms with E-state index in [-0.39, 0.29) is 6.61 Å². The molecule has 4 rings (SSSR count). The van der Waals surface area contributed by atoms with Gasteiger partial charge >= 0.3 is 6.18 Å². The van der Waals surface area contributed by atoms with Gasteiger partial charge in [-0.15, -0.1) is 0 Å². The summed E-state index contributed by atoms with van der Waals surface area (Å²) in [6.45, 7) is 4.21. The summed E-state index contributed by atoms with van der Waals surface area (Å²) in [6.07, 6.45) is 2.39. The van der Waals surface area contributed by atoms with Crippen molar-refractivity contribution >= 4 is 5.82 Å². The highest BCUT2D eigenvalue weighted by molar-refractivity contribution is 5.72. The van der Waals surface area contributed by atoms with E-state index in [1.54, 1.807) is 23.1 Å². The van der Waals surface area contributed by atoms with Crippen molar-refractivity contribution in [1.82, 2.24) is 24.6 Å². The van der Waals surface area contributed by atoms with Gasteiger partial charge in [0.2, 0.25) is 0 Å². The van der Waals surface area contributed by atoms with Gasteiger partial charge in [0.25, 0.3) is 0 Å². The van der Waals surface area contributed by atoms with Gasteiger partial charge in [0, 0.05) is 62.4 Å². The monoisotopic (exact) mass is 432 g/mol. The lowest BCUT2D eigenvalue weighted by atomic mass is 10.1. The molecule has 0 amide bonds. The number of alkyl halides is 3. The predicted molar refractivity (Wildman–Crippen MR) is 109 cm³/mol. The lowest BCUT2D eigenvalue weighted by molar-refractivity contribution is -0.137. The molecule has 1 N–H and O–H groups in total. The molecular weight excluding hydrogens is 409 g/mol. The van der Waals surface area contributed by atoms with Crippen molar-refractivity contribution in [1.29, 1.82) is 0 Å². The zero-order valence-corrected chi connectivity index (χ0v) is 16.8. The molecule has 0 spiro atoms. The minimum Gasteiger partial charge on any atom is -0.394 e. The molecule has 0 atom stereocenters. The fraction of sp³-hybridized carbons (Fsp3) is 0.381. The van der Waals surface area contributed by atoms with Crippen LogP contribution in [0, 0.1) is 0 Å². The zero-order chi connectivity index (χ0) is 21.8. The molecule has 0 aliphatic carbocycles. The first-order valence-electron chi connectivity index (χ1n) is 10.0. The van der Waals surface area contributed by atoms with E-state index in [1.807, 2.05) is 6.20 Å². The third-order valence-electron chi connectivity index (χ3n) is 5.24. The lowest BCUT2D eigenvalue weighted by Gasteiger charge is -2.35. The molecule has 7 nitrogen and oxygen atoms in total. The molecule has 1 saturated heterocycles. The van der Waals surface area contributed by atoms with E-state index in [9.17, 15) is 13.2 Å². The second kappa shape index (κ2) is 9.03. The van der Waals surface area contributed by atoms with Crippen LogP contribution in [0.1, 0.15) is 11.1 Å². The predicted octanol–water partition coefficient (Wildman–Crippen LogP) is 2.67. The van der Waals surface area contributed by atoms with Crippen molar-refractivity contribution in [2.75, 3.05) is 37.7 Å². The van der Waals surface area contributed by atoms with Crippen molar-refractivity contribution in [3.05, 3.63) is 60.2 Å². The van der Waals surface area contributed by atoms with E-state index < -0.39 is 11.7 Å². The summed E-state index contributed by atoms with van der Waals surface area (Å²) in [6, 6.07) is 5.20. The number of benzene rings is 1. The van der Waals surface area contributed by atoms with Crippen LogP contribution in [0.25, 0.3) is 11.3 Å². The second-order valence-corrected chi connectivity index (χ2v) is 7.41. The molecule has 0 saturated carbocycles. The molecule has 1 fully saturated rings. The van der Waals surface area contributed by atoms with Crippen LogP contribution in [0.5, 0.6) is 0 Å². The summed E-state index contributed by atoms with van der Waals surface area (Å²) in [7, 11) is 0. The fourth-order valence-electron chi connectivity index (χ4n) is 3.70. The standard InChI is InChI=1S/C21H23F3N6O/c22-21(23,24)18-3-1-2-17(12-18)19-20(26-5-4-25-19)29-8-6-28(7-9-29)14-16-13-27-30(15-16)10-11-31/h1-5,12-13,15,31H,6-11,14H2. The van der Waals surface area contributed by atoms with Crippen LogP contribution in [0.3, 0.4) is 0 Å². The van der Waals surface area contributed by atoms with Gasteiger partial charge in [-0.05, 0) is 12.1 Å². The summed E-state index contributed by atoms with van der Waals surface area (Å²) >= 11 is 0. The molecule has 1 aliphatic rings. The first-order valence-corrected chi connectivity index (χ1v) is 10.0. The van der Waals surface area contributed by atoms with Crippen molar-refractivity contribution < 1.29 is 18.3 Å². The SMILES string of the molecule is OCCn1cc(CN2CCN(c3nccnc3-c3cccc(C(F)(F)F)c3)CC2)cn1. The molecule has 10 heteroatoms.